The fraction of sp³-hybridized carbons (Fsp3) is 0.556. The van der Waals surface area contributed by atoms with Crippen molar-refractivity contribution >= 4 is 11.8 Å². The summed E-state index contributed by atoms with van der Waals surface area (Å²) in [6.07, 6.45) is 2.11. The molecule has 0 radical (unpaired) electrons. The second kappa shape index (κ2) is 6.69. The molecule has 0 N–H and O–H groups in total. The fourth-order valence-electron chi connectivity index (χ4n) is 3.43. The molecule has 2 aliphatic rings. The van der Waals surface area contributed by atoms with Crippen LogP contribution in [-0.4, -0.2) is 53.5 Å². The monoisotopic (exact) mass is 318 g/mol. The van der Waals surface area contributed by atoms with Crippen LogP contribution in [0.1, 0.15) is 41.6 Å². The molecule has 0 spiro atoms. The molecule has 2 atom stereocenters. The smallest absolute Gasteiger partial charge is 0.254 e. The van der Waals surface area contributed by atoms with Crippen LogP contribution < -0.4 is 0 Å². The minimum Gasteiger partial charge on any atom is -0.341 e. The van der Waals surface area contributed by atoms with Gasteiger partial charge in [0.25, 0.3) is 5.91 Å². The lowest BCUT2D eigenvalue weighted by Crippen LogP contribution is -2.49. The number of carbonyl (C=O) groups is 2. The summed E-state index contributed by atoms with van der Waals surface area (Å²) in [6, 6.07) is 6.55. The molecule has 0 bridgehead atoms. The number of halogens is 1. The van der Waals surface area contributed by atoms with Crippen molar-refractivity contribution in [2.45, 2.75) is 44.8 Å². The van der Waals surface area contributed by atoms with Gasteiger partial charge in [-0.25, -0.2) is 4.39 Å². The summed E-state index contributed by atoms with van der Waals surface area (Å²) in [5.74, 6) is -0.342. The van der Waals surface area contributed by atoms with E-state index in [0.717, 1.165) is 37.9 Å². The molecule has 23 heavy (non-hydrogen) atoms. The van der Waals surface area contributed by atoms with E-state index in [9.17, 15) is 14.0 Å². The topological polar surface area (TPSA) is 40.6 Å². The number of piperidine rings is 1. The van der Waals surface area contributed by atoms with Crippen molar-refractivity contribution in [3.8, 4) is 0 Å². The molecule has 4 nitrogen and oxygen atoms in total. The van der Waals surface area contributed by atoms with Crippen LogP contribution in [0.3, 0.4) is 0 Å². The van der Waals surface area contributed by atoms with Gasteiger partial charge in [-0.3, -0.25) is 9.59 Å². The lowest BCUT2D eigenvalue weighted by molar-refractivity contribution is -0.136. The number of aryl methyl sites for hydroxylation is 1. The van der Waals surface area contributed by atoms with Crippen molar-refractivity contribution in [2.24, 2.45) is 0 Å². The van der Waals surface area contributed by atoms with Crippen molar-refractivity contribution in [3.05, 3.63) is 35.4 Å². The first-order valence-corrected chi connectivity index (χ1v) is 8.37. The highest BCUT2D eigenvalue weighted by atomic mass is 19.1. The number of nitrogens with zero attached hydrogens (tertiary/aromatic N) is 2. The SMILES string of the molecule is Cc1ccc(C(=O)N2C[C@@H](F)C[C@H]2C(=O)N2CCCCC2)cc1. The molecule has 2 fully saturated rings. The maximum atomic E-state index is 13.9. The first kappa shape index (κ1) is 16.0. The molecule has 2 heterocycles. The molecule has 0 aromatic heterocycles. The highest BCUT2D eigenvalue weighted by molar-refractivity contribution is 5.98. The molecule has 0 unspecified atom stereocenters. The summed E-state index contributed by atoms with van der Waals surface area (Å²) in [5, 5.41) is 0. The van der Waals surface area contributed by atoms with Crippen LogP contribution in [0.25, 0.3) is 0 Å². The van der Waals surface area contributed by atoms with Gasteiger partial charge in [0.2, 0.25) is 5.91 Å². The highest BCUT2D eigenvalue weighted by Gasteiger charge is 2.41. The molecule has 0 aliphatic carbocycles. The normalized spacial score (nSPS) is 24.8. The summed E-state index contributed by atoms with van der Waals surface area (Å²) in [6.45, 7) is 3.40. The van der Waals surface area contributed by atoms with E-state index in [1.807, 2.05) is 19.1 Å². The zero-order chi connectivity index (χ0) is 16.4. The first-order valence-electron chi connectivity index (χ1n) is 8.37. The number of benzene rings is 1. The molecule has 1 aromatic rings. The minimum absolute atomic E-state index is 0.0109. The van der Waals surface area contributed by atoms with Gasteiger partial charge in [-0.1, -0.05) is 17.7 Å². The molecule has 0 saturated carbocycles. The molecule has 5 heteroatoms. The largest absolute Gasteiger partial charge is 0.341 e. The predicted molar refractivity (Wildman–Crippen MR) is 85.9 cm³/mol. The average molecular weight is 318 g/mol. The third-order valence-corrected chi connectivity index (χ3v) is 4.76. The van der Waals surface area contributed by atoms with E-state index < -0.39 is 12.2 Å². The summed E-state index contributed by atoms with van der Waals surface area (Å²) in [5.41, 5.74) is 1.58. The molecule has 2 saturated heterocycles. The van der Waals surface area contributed by atoms with E-state index >= 15 is 0 Å². The number of hydrogen-bond donors (Lipinski definition) is 0. The predicted octanol–water partition coefficient (Wildman–Crippen LogP) is 2.56. The Hall–Kier alpha value is -1.91. The Bertz CT molecular complexity index is 581. The Morgan fingerprint density at radius 3 is 2.39 bits per heavy atom. The molecule has 2 amide bonds. The van der Waals surface area contributed by atoms with Crippen LogP contribution in [0.4, 0.5) is 4.39 Å². The van der Waals surface area contributed by atoms with Gasteiger partial charge in [-0.2, -0.15) is 0 Å². The van der Waals surface area contributed by atoms with Crippen LogP contribution in [-0.2, 0) is 4.79 Å². The average Bonchev–Trinajstić information content (AvgIpc) is 2.97. The van der Waals surface area contributed by atoms with Gasteiger partial charge >= 0.3 is 0 Å². The van der Waals surface area contributed by atoms with Crippen molar-refractivity contribution < 1.29 is 14.0 Å². The standard InChI is InChI=1S/C18H23FN2O2/c1-13-5-7-14(8-6-13)17(22)21-12-15(19)11-16(21)18(23)20-9-3-2-4-10-20/h5-8,15-16H,2-4,9-12H2,1H3/t15-,16-/m0/s1. The summed E-state index contributed by atoms with van der Waals surface area (Å²) < 4.78 is 13.9. The Morgan fingerprint density at radius 1 is 1.09 bits per heavy atom. The van der Waals surface area contributed by atoms with E-state index in [1.165, 1.54) is 4.90 Å². The summed E-state index contributed by atoms with van der Waals surface area (Å²) in [7, 11) is 0. The number of hydrogen-bond acceptors (Lipinski definition) is 2. The minimum atomic E-state index is -1.12. The van der Waals surface area contributed by atoms with Crippen LogP contribution in [0.5, 0.6) is 0 Å². The molecule has 124 valence electrons. The van der Waals surface area contributed by atoms with Crippen LogP contribution in [0.2, 0.25) is 0 Å². The van der Waals surface area contributed by atoms with Crippen LogP contribution in [0, 0.1) is 6.92 Å². The lowest BCUT2D eigenvalue weighted by Gasteiger charge is -2.32. The van der Waals surface area contributed by atoms with Crippen molar-refractivity contribution in [2.75, 3.05) is 19.6 Å². The fourth-order valence-corrected chi connectivity index (χ4v) is 3.43. The first-order chi connectivity index (χ1) is 11.1. The number of likely N-dealkylation sites (tertiary alicyclic amines) is 2. The van der Waals surface area contributed by atoms with Crippen molar-refractivity contribution in [1.82, 2.24) is 9.80 Å². The van der Waals surface area contributed by atoms with E-state index in [0.29, 0.717) is 5.56 Å². The molecule has 2 aliphatic heterocycles. The Morgan fingerprint density at radius 2 is 1.74 bits per heavy atom. The van der Waals surface area contributed by atoms with Crippen LogP contribution >= 0.6 is 0 Å². The van der Waals surface area contributed by atoms with E-state index in [1.54, 1.807) is 17.0 Å². The maximum absolute atomic E-state index is 13.9. The van der Waals surface area contributed by atoms with Gasteiger partial charge in [0.05, 0.1) is 6.54 Å². The van der Waals surface area contributed by atoms with Crippen molar-refractivity contribution in [3.63, 3.8) is 0 Å². The van der Waals surface area contributed by atoms with Gasteiger partial charge in [0, 0.05) is 25.1 Å². The van der Waals surface area contributed by atoms with Crippen LogP contribution in [0.15, 0.2) is 24.3 Å². The molecule has 3 rings (SSSR count). The van der Waals surface area contributed by atoms with E-state index in [4.69, 9.17) is 0 Å². The number of alkyl halides is 1. The second-order valence-electron chi connectivity index (χ2n) is 6.56. The quantitative estimate of drug-likeness (QED) is 0.841. The zero-order valence-electron chi connectivity index (χ0n) is 13.5. The van der Waals surface area contributed by atoms with Crippen molar-refractivity contribution in [1.29, 1.82) is 0 Å². The highest BCUT2D eigenvalue weighted by Crippen LogP contribution is 2.25. The third kappa shape index (κ3) is 3.38. The number of rotatable bonds is 2. The van der Waals surface area contributed by atoms with Gasteiger partial charge in [-0.15, -0.1) is 0 Å². The Labute approximate surface area is 136 Å². The molecular formula is C18H23FN2O2. The number of amides is 2. The van der Waals surface area contributed by atoms with Gasteiger partial charge < -0.3 is 9.80 Å². The molecule has 1 aromatic carbocycles. The third-order valence-electron chi connectivity index (χ3n) is 4.76. The van der Waals surface area contributed by atoms with E-state index in [-0.39, 0.29) is 24.8 Å². The second-order valence-corrected chi connectivity index (χ2v) is 6.56. The Balaban J connectivity index is 1.77. The van der Waals surface area contributed by atoms with Gasteiger partial charge in [-0.05, 0) is 38.3 Å². The molecular weight excluding hydrogens is 295 g/mol. The van der Waals surface area contributed by atoms with E-state index in [2.05, 4.69) is 0 Å². The lowest BCUT2D eigenvalue weighted by atomic mass is 10.1. The Kier molecular flexibility index (Phi) is 4.64. The maximum Gasteiger partial charge on any atom is 0.254 e. The van der Waals surface area contributed by atoms with Gasteiger partial charge in [0.1, 0.15) is 12.2 Å². The summed E-state index contributed by atoms with van der Waals surface area (Å²) in [4.78, 5) is 28.6. The number of carbonyl (C=O) groups excluding carboxylic acids is 2. The zero-order valence-corrected chi connectivity index (χ0v) is 13.5. The summed E-state index contributed by atoms with van der Waals surface area (Å²) >= 11 is 0. The van der Waals surface area contributed by atoms with Gasteiger partial charge in [0.15, 0.2) is 0 Å².